The van der Waals surface area contributed by atoms with Gasteiger partial charge in [0.15, 0.2) is 0 Å². The molecule has 0 aliphatic heterocycles. The number of pyridine rings is 1. The van der Waals surface area contributed by atoms with E-state index in [0.29, 0.717) is 17.2 Å². The molecule has 0 aliphatic carbocycles. The van der Waals surface area contributed by atoms with Gasteiger partial charge in [-0.1, -0.05) is 48.1 Å². The van der Waals surface area contributed by atoms with Crippen molar-refractivity contribution in [3.8, 4) is 10.6 Å². The minimum Gasteiger partial charge on any atom is -0.283 e. The van der Waals surface area contributed by atoms with Crippen LogP contribution in [0, 0.1) is 6.92 Å². The average molecular weight is 338 g/mol. The Labute approximate surface area is 145 Å². The number of rotatable bonds is 5. The molecule has 0 unspecified atom stereocenters. The second-order valence-corrected chi connectivity index (χ2v) is 6.40. The fraction of sp³-hybridized carbons (Fsp3) is 0.222. The molecule has 0 aliphatic rings. The minimum absolute atomic E-state index is 0.0779. The Morgan fingerprint density at radius 3 is 2.46 bits per heavy atom. The molecular formula is C18H18N4OS. The third-order valence-electron chi connectivity index (χ3n) is 3.56. The molecule has 0 N–H and O–H groups in total. The van der Waals surface area contributed by atoms with Crippen molar-refractivity contribution in [1.29, 1.82) is 0 Å². The van der Waals surface area contributed by atoms with E-state index in [-0.39, 0.29) is 5.91 Å². The van der Waals surface area contributed by atoms with Crippen LogP contribution in [-0.2, 0) is 0 Å². The smallest absolute Gasteiger partial charge is 0.260 e. The first kappa shape index (κ1) is 16.3. The number of aromatic nitrogens is 3. The van der Waals surface area contributed by atoms with Crippen LogP contribution in [0.2, 0.25) is 0 Å². The predicted octanol–water partition coefficient (Wildman–Crippen LogP) is 3.97. The highest BCUT2D eigenvalue weighted by atomic mass is 32.1. The molecule has 2 heterocycles. The van der Waals surface area contributed by atoms with Gasteiger partial charge in [0.1, 0.15) is 5.01 Å². The van der Waals surface area contributed by atoms with Crippen LogP contribution in [0.3, 0.4) is 0 Å². The molecule has 0 spiro atoms. The Balaban J connectivity index is 1.89. The minimum atomic E-state index is -0.0779. The normalized spacial score (nSPS) is 10.6. The van der Waals surface area contributed by atoms with E-state index < -0.39 is 0 Å². The molecule has 0 fully saturated rings. The van der Waals surface area contributed by atoms with Gasteiger partial charge in [-0.25, -0.2) is 0 Å². The summed E-state index contributed by atoms with van der Waals surface area (Å²) in [4.78, 5) is 18.4. The molecule has 24 heavy (non-hydrogen) atoms. The largest absolute Gasteiger partial charge is 0.283 e. The van der Waals surface area contributed by atoms with E-state index in [9.17, 15) is 4.79 Å². The van der Waals surface area contributed by atoms with E-state index in [1.54, 1.807) is 29.4 Å². The summed E-state index contributed by atoms with van der Waals surface area (Å²) in [6, 6.07) is 11.6. The van der Waals surface area contributed by atoms with Crippen molar-refractivity contribution in [2.24, 2.45) is 0 Å². The van der Waals surface area contributed by atoms with Crippen LogP contribution in [-0.4, -0.2) is 27.6 Å². The Hall–Kier alpha value is -2.60. The van der Waals surface area contributed by atoms with Crippen LogP contribution in [0.4, 0.5) is 5.13 Å². The van der Waals surface area contributed by atoms with Gasteiger partial charge in [0.05, 0.1) is 0 Å². The third kappa shape index (κ3) is 3.49. The van der Waals surface area contributed by atoms with Crippen molar-refractivity contribution in [2.45, 2.75) is 20.3 Å². The van der Waals surface area contributed by atoms with Gasteiger partial charge < -0.3 is 0 Å². The molecule has 2 aromatic heterocycles. The van der Waals surface area contributed by atoms with Gasteiger partial charge in [0.2, 0.25) is 5.13 Å². The van der Waals surface area contributed by atoms with E-state index in [1.807, 2.05) is 38.1 Å². The van der Waals surface area contributed by atoms with Crippen molar-refractivity contribution in [3.63, 3.8) is 0 Å². The van der Waals surface area contributed by atoms with Gasteiger partial charge >= 0.3 is 0 Å². The topological polar surface area (TPSA) is 59.0 Å². The molecule has 0 saturated carbocycles. The first-order chi connectivity index (χ1) is 11.7. The maximum Gasteiger partial charge on any atom is 0.260 e. The Bertz CT molecular complexity index is 815. The molecule has 122 valence electrons. The molecule has 3 aromatic rings. The van der Waals surface area contributed by atoms with E-state index in [2.05, 4.69) is 15.2 Å². The number of hydrogen-bond acceptors (Lipinski definition) is 5. The first-order valence-corrected chi connectivity index (χ1v) is 8.63. The lowest BCUT2D eigenvalue weighted by atomic mass is 10.2. The molecule has 0 atom stereocenters. The number of aryl methyl sites for hydroxylation is 1. The van der Waals surface area contributed by atoms with Crippen LogP contribution < -0.4 is 4.90 Å². The molecule has 3 rings (SSSR count). The number of nitrogens with zero attached hydrogens (tertiary/aromatic N) is 4. The van der Waals surface area contributed by atoms with Crippen LogP contribution in [0.15, 0.2) is 48.8 Å². The summed E-state index contributed by atoms with van der Waals surface area (Å²) in [6.07, 6.45) is 4.08. The summed E-state index contributed by atoms with van der Waals surface area (Å²) in [7, 11) is 0. The summed E-state index contributed by atoms with van der Waals surface area (Å²) >= 11 is 1.43. The maximum absolute atomic E-state index is 12.8. The van der Waals surface area contributed by atoms with Gasteiger partial charge in [-0.3, -0.25) is 14.7 Å². The highest BCUT2D eigenvalue weighted by molar-refractivity contribution is 7.18. The van der Waals surface area contributed by atoms with Crippen molar-refractivity contribution >= 4 is 22.4 Å². The number of hydrogen-bond donors (Lipinski definition) is 0. The zero-order valence-corrected chi connectivity index (χ0v) is 14.5. The van der Waals surface area contributed by atoms with Crippen LogP contribution >= 0.6 is 11.3 Å². The zero-order valence-electron chi connectivity index (χ0n) is 13.6. The SMILES string of the molecule is CCCN(C(=O)c1ccncc1)c1nnc(-c2ccc(C)cc2)s1. The second-order valence-electron chi connectivity index (χ2n) is 5.45. The van der Waals surface area contributed by atoms with Crippen LogP contribution in [0.25, 0.3) is 10.6 Å². The summed E-state index contributed by atoms with van der Waals surface area (Å²) in [6.45, 7) is 4.68. The number of anilines is 1. The Kier molecular flexibility index (Phi) is 4.96. The fourth-order valence-corrected chi connectivity index (χ4v) is 3.17. The molecule has 1 amide bonds. The zero-order chi connectivity index (χ0) is 16.9. The monoisotopic (exact) mass is 338 g/mol. The average Bonchev–Trinajstić information content (AvgIpc) is 3.10. The van der Waals surface area contributed by atoms with Gasteiger partial charge in [-0.15, -0.1) is 10.2 Å². The van der Waals surface area contributed by atoms with Gasteiger partial charge in [0, 0.05) is 30.1 Å². The van der Waals surface area contributed by atoms with Crippen molar-refractivity contribution in [3.05, 3.63) is 59.9 Å². The molecule has 0 radical (unpaired) electrons. The van der Waals surface area contributed by atoms with Crippen molar-refractivity contribution in [2.75, 3.05) is 11.4 Å². The predicted molar refractivity (Wildman–Crippen MR) is 96.3 cm³/mol. The Morgan fingerprint density at radius 1 is 1.08 bits per heavy atom. The lowest BCUT2D eigenvalue weighted by molar-refractivity contribution is 0.0986. The van der Waals surface area contributed by atoms with E-state index in [0.717, 1.165) is 17.0 Å². The fourth-order valence-electron chi connectivity index (χ4n) is 2.30. The third-order valence-corrected chi connectivity index (χ3v) is 4.56. The molecule has 1 aromatic carbocycles. The highest BCUT2D eigenvalue weighted by Crippen LogP contribution is 2.29. The van der Waals surface area contributed by atoms with Gasteiger partial charge in [-0.05, 0) is 25.5 Å². The number of carbonyl (C=O) groups is 1. The van der Waals surface area contributed by atoms with Crippen molar-refractivity contribution < 1.29 is 4.79 Å². The van der Waals surface area contributed by atoms with Gasteiger partial charge in [-0.2, -0.15) is 0 Å². The second kappa shape index (κ2) is 7.31. The summed E-state index contributed by atoms with van der Waals surface area (Å²) in [5.74, 6) is -0.0779. The molecular weight excluding hydrogens is 320 g/mol. The summed E-state index contributed by atoms with van der Waals surface area (Å²) < 4.78 is 0. The molecule has 0 bridgehead atoms. The van der Waals surface area contributed by atoms with Crippen LogP contribution in [0.1, 0.15) is 29.3 Å². The highest BCUT2D eigenvalue weighted by Gasteiger charge is 2.21. The summed E-state index contributed by atoms with van der Waals surface area (Å²) in [5.41, 5.74) is 2.81. The molecule has 5 nitrogen and oxygen atoms in total. The Morgan fingerprint density at radius 2 is 1.79 bits per heavy atom. The maximum atomic E-state index is 12.8. The standard InChI is InChI=1S/C18H18N4OS/c1-3-12-22(17(23)15-8-10-19-11-9-15)18-21-20-16(24-18)14-6-4-13(2)5-7-14/h4-11H,3,12H2,1-2H3. The van der Waals surface area contributed by atoms with Gasteiger partial charge in [0.25, 0.3) is 5.91 Å². The van der Waals surface area contributed by atoms with E-state index in [1.165, 1.54) is 16.9 Å². The molecule has 6 heteroatoms. The lowest BCUT2D eigenvalue weighted by Crippen LogP contribution is -2.31. The quantitative estimate of drug-likeness (QED) is 0.706. The number of benzene rings is 1. The lowest BCUT2D eigenvalue weighted by Gasteiger charge is -2.18. The van der Waals surface area contributed by atoms with Crippen LogP contribution in [0.5, 0.6) is 0 Å². The number of amides is 1. The summed E-state index contributed by atoms with van der Waals surface area (Å²) in [5, 5.41) is 9.93. The van der Waals surface area contributed by atoms with E-state index >= 15 is 0 Å². The van der Waals surface area contributed by atoms with Crippen molar-refractivity contribution in [1.82, 2.24) is 15.2 Å². The number of carbonyl (C=O) groups excluding carboxylic acids is 1. The molecule has 0 saturated heterocycles. The first-order valence-electron chi connectivity index (χ1n) is 7.81. The van der Waals surface area contributed by atoms with E-state index in [4.69, 9.17) is 0 Å².